The highest BCUT2D eigenvalue weighted by Gasteiger charge is 2.32. The first-order valence-electron chi connectivity index (χ1n) is 5.30. The third-order valence-electron chi connectivity index (χ3n) is 2.46. The largest absolute Gasteiger partial charge is 0.388 e. The molecule has 0 bridgehead atoms. The van der Waals surface area contributed by atoms with Crippen molar-refractivity contribution in [2.24, 2.45) is 0 Å². The quantitative estimate of drug-likeness (QED) is 0.440. The van der Waals surface area contributed by atoms with Crippen molar-refractivity contribution in [3.63, 3.8) is 0 Å². The lowest BCUT2D eigenvalue weighted by atomic mass is 10.0. The molecule has 20 heavy (non-hydrogen) atoms. The lowest BCUT2D eigenvalue weighted by Crippen LogP contribution is -2.35. The molecule has 112 valence electrons. The standard InChI is InChI=1S/C11H10F5NO3/c1-3(18)17-2-4(19)11(20)5-6(12)8(14)10(16)9(15)7(5)13/h4,11,19-20H,2H2,1H3,(H,17,18). The van der Waals surface area contributed by atoms with Gasteiger partial charge < -0.3 is 15.5 Å². The van der Waals surface area contributed by atoms with Crippen LogP contribution in [-0.2, 0) is 4.79 Å². The summed E-state index contributed by atoms with van der Waals surface area (Å²) in [6.45, 7) is 0.438. The van der Waals surface area contributed by atoms with Crippen LogP contribution in [0, 0.1) is 29.1 Å². The van der Waals surface area contributed by atoms with E-state index < -0.39 is 59.3 Å². The number of carbonyl (C=O) groups excluding carboxylic acids is 1. The zero-order chi connectivity index (χ0) is 15.6. The van der Waals surface area contributed by atoms with Gasteiger partial charge in [0.05, 0.1) is 5.56 Å². The fourth-order valence-electron chi connectivity index (χ4n) is 1.43. The van der Waals surface area contributed by atoms with E-state index in [9.17, 15) is 37.0 Å². The van der Waals surface area contributed by atoms with Crippen LogP contribution >= 0.6 is 0 Å². The van der Waals surface area contributed by atoms with Crippen molar-refractivity contribution >= 4 is 5.91 Å². The lowest BCUT2D eigenvalue weighted by molar-refractivity contribution is -0.119. The van der Waals surface area contributed by atoms with E-state index in [-0.39, 0.29) is 0 Å². The number of rotatable bonds is 4. The van der Waals surface area contributed by atoms with Crippen molar-refractivity contribution < 1.29 is 37.0 Å². The molecule has 2 unspecified atom stereocenters. The van der Waals surface area contributed by atoms with Crippen molar-refractivity contribution in [1.29, 1.82) is 0 Å². The van der Waals surface area contributed by atoms with Crippen molar-refractivity contribution in [1.82, 2.24) is 5.32 Å². The molecule has 0 aromatic heterocycles. The van der Waals surface area contributed by atoms with Gasteiger partial charge in [0.15, 0.2) is 23.3 Å². The molecule has 1 aromatic carbocycles. The summed E-state index contributed by atoms with van der Waals surface area (Å²) in [7, 11) is 0. The van der Waals surface area contributed by atoms with Crippen LogP contribution in [0.5, 0.6) is 0 Å². The number of amides is 1. The van der Waals surface area contributed by atoms with Crippen LogP contribution < -0.4 is 5.32 Å². The highest BCUT2D eigenvalue weighted by atomic mass is 19.2. The van der Waals surface area contributed by atoms with Gasteiger partial charge >= 0.3 is 0 Å². The minimum atomic E-state index is -2.40. The van der Waals surface area contributed by atoms with Crippen molar-refractivity contribution in [3.8, 4) is 0 Å². The van der Waals surface area contributed by atoms with Crippen molar-refractivity contribution in [2.75, 3.05) is 6.54 Å². The topological polar surface area (TPSA) is 69.6 Å². The summed E-state index contributed by atoms with van der Waals surface area (Å²) in [6, 6.07) is 0. The zero-order valence-corrected chi connectivity index (χ0v) is 10.1. The van der Waals surface area contributed by atoms with Gasteiger partial charge in [0.1, 0.15) is 12.2 Å². The van der Waals surface area contributed by atoms with Gasteiger partial charge in [-0.25, -0.2) is 22.0 Å². The van der Waals surface area contributed by atoms with Gasteiger partial charge in [-0.05, 0) is 0 Å². The maximum Gasteiger partial charge on any atom is 0.216 e. The van der Waals surface area contributed by atoms with E-state index in [1.165, 1.54) is 0 Å². The Bertz CT molecular complexity index is 508. The Morgan fingerprint density at radius 1 is 1.00 bits per heavy atom. The van der Waals surface area contributed by atoms with Gasteiger partial charge in [0, 0.05) is 13.5 Å². The van der Waals surface area contributed by atoms with Crippen LogP contribution in [0.25, 0.3) is 0 Å². The van der Waals surface area contributed by atoms with Crippen molar-refractivity contribution in [3.05, 3.63) is 34.6 Å². The smallest absolute Gasteiger partial charge is 0.216 e. The van der Waals surface area contributed by atoms with Crippen LogP contribution in [0.4, 0.5) is 22.0 Å². The average molecular weight is 299 g/mol. The highest BCUT2D eigenvalue weighted by molar-refractivity contribution is 5.72. The number of hydrogen-bond acceptors (Lipinski definition) is 3. The summed E-state index contributed by atoms with van der Waals surface area (Å²) in [6.07, 6.45) is -4.35. The van der Waals surface area contributed by atoms with Crippen LogP contribution in [0.15, 0.2) is 0 Å². The molecular formula is C11H10F5NO3. The molecule has 3 N–H and O–H groups in total. The molecule has 0 heterocycles. The molecule has 1 rings (SSSR count). The van der Waals surface area contributed by atoms with E-state index in [0.717, 1.165) is 6.92 Å². The lowest BCUT2D eigenvalue weighted by Gasteiger charge is -2.20. The summed E-state index contributed by atoms with van der Waals surface area (Å²) in [5.41, 5.74) is -1.56. The second kappa shape index (κ2) is 6.14. The second-order valence-corrected chi connectivity index (χ2v) is 3.93. The fourth-order valence-corrected chi connectivity index (χ4v) is 1.43. The second-order valence-electron chi connectivity index (χ2n) is 3.93. The highest BCUT2D eigenvalue weighted by Crippen LogP contribution is 2.29. The summed E-state index contributed by atoms with van der Waals surface area (Å²) in [4.78, 5) is 10.6. The predicted molar refractivity (Wildman–Crippen MR) is 55.9 cm³/mol. The molecule has 1 amide bonds. The molecule has 0 saturated carbocycles. The number of halogens is 5. The maximum absolute atomic E-state index is 13.3. The molecule has 0 aliphatic rings. The van der Waals surface area contributed by atoms with Gasteiger partial charge in [0.2, 0.25) is 11.7 Å². The molecule has 0 aliphatic heterocycles. The Labute approximate surface area is 109 Å². The Morgan fingerprint density at radius 3 is 1.80 bits per heavy atom. The van der Waals surface area contributed by atoms with Crippen LogP contribution in [0.3, 0.4) is 0 Å². The minimum Gasteiger partial charge on any atom is -0.388 e. The number of benzene rings is 1. The summed E-state index contributed by atoms with van der Waals surface area (Å²) < 4.78 is 65.3. The van der Waals surface area contributed by atoms with Crippen LogP contribution in [0.2, 0.25) is 0 Å². The summed E-state index contributed by atoms with van der Waals surface area (Å²) in [5, 5.41) is 20.9. The Balaban J connectivity index is 3.16. The number of nitrogens with one attached hydrogen (secondary N) is 1. The number of aliphatic hydroxyl groups is 2. The van der Waals surface area contributed by atoms with Gasteiger partial charge in [-0.1, -0.05) is 0 Å². The first-order chi connectivity index (χ1) is 9.18. The predicted octanol–water partition coefficient (Wildman–Crippen LogP) is 0.912. The van der Waals surface area contributed by atoms with E-state index in [1.807, 2.05) is 5.32 Å². The summed E-state index contributed by atoms with van der Waals surface area (Å²) >= 11 is 0. The number of carbonyl (C=O) groups is 1. The SMILES string of the molecule is CC(=O)NCC(O)C(O)c1c(F)c(F)c(F)c(F)c1F. The Kier molecular flexibility index (Phi) is 5.01. The molecule has 0 saturated heterocycles. The zero-order valence-electron chi connectivity index (χ0n) is 10.1. The molecule has 4 nitrogen and oxygen atoms in total. The normalized spacial score (nSPS) is 14.0. The van der Waals surface area contributed by atoms with E-state index in [0.29, 0.717) is 0 Å². The minimum absolute atomic E-state index is 0.617. The third-order valence-corrected chi connectivity index (χ3v) is 2.46. The van der Waals surface area contributed by atoms with Gasteiger partial charge in [0.25, 0.3) is 0 Å². The molecule has 0 aliphatic carbocycles. The molecule has 9 heteroatoms. The fraction of sp³-hybridized carbons (Fsp3) is 0.364. The number of aliphatic hydroxyl groups excluding tert-OH is 2. The Morgan fingerprint density at radius 2 is 1.40 bits per heavy atom. The average Bonchev–Trinajstić information content (AvgIpc) is 2.40. The molecule has 0 fully saturated rings. The first-order valence-corrected chi connectivity index (χ1v) is 5.30. The number of hydrogen-bond donors (Lipinski definition) is 3. The van der Waals surface area contributed by atoms with Gasteiger partial charge in [-0.3, -0.25) is 4.79 Å². The van der Waals surface area contributed by atoms with Crippen molar-refractivity contribution in [2.45, 2.75) is 19.1 Å². The molecule has 0 radical (unpaired) electrons. The van der Waals surface area contributed by atoms with E-state index in [2.05, 4.69) is 0 Å². The van der Waals surface area contributed by atoms with E-state index in [1.54, 1.807) is 0 Å². The summed E-state index contributed by atoms with van der Waals surface area (Å²) in [5.74, 6) is -11.9. The van der Waals surface area contributed by atoms with Gasteiger partial charge in [-0.15, -0.1) is 0 Å². The first kappa shape index (κ1) is 16.3. The van der Waals surface area contributed by atoms with E-state index in [4.69, 9.17) is 0 Å². The maximum atomic E-state index is 13.3. The van der Waals surface area contributed by atoms with Crippen LogP contribution in [0.1, 0.15) is 18.6 Å². The monoisotopic (exact) mass is 299 g/mol. The molecular weight excluding hydrogens is 289 g/mol. The molecule has 1 aromatic rings. The molecule has 0 spiro atoms. The van der Waals surface area contributed by atoms with Crippen LogP contribution in [-0.4, -0.2) is 28.8 Å². The van der Waals surface area contributed by atoms with E-state index >= 15 is 0 Å². The Hall–Kier alpha value is -1.74. The molecule has 2 atom stereocenters. The third kappa shape index (κ3) is 3.05. The van der Waals surface area contributed by atoms with Gasteiger partial charge in [-0.2, -0.15) is 0 Å².